The first-order valence-corrected chi connectivity index (χ1v) is 21.7. The van der Waals surface area contributed by atoms with Crippen molar-refractivity contribution in [1.29, 1.82) is 0 Å². The fourth-order valence-electron chi connectivity index (χ4n) is 8.16. The number of fused-ring (bicyclic) bond motifs is 5. The van der Waals surface area contributed by atoms with E-state index >= 15 is 0 Å². The van der Waals surface area contributed by atoms with Crippen molar-refractivity contribution < 1.29 is 45.1 Å². The van der Waals surface area contributed by atoms with E-state index in [4.69, 9.17) is 9.15 Å². The molecule has 0 unspecified atom stereocenters. The number of ether oxygens (including phenoxy) is 1. The van der Waals surface area contributed by atoms with Gasteiger partial charge in [0.1, 0.15) is 41.2 Å². The number of nitrogens with zero attached hydrogens (tertiary/aromatic N) is 5. The molecule has 15 nitrogen and oxygen atoms in total. The third-order valence-electron chi connectivity index (χ3n) is 11.7. The van der Waals surface area contributed by atoms with Crippen LogP contribution in [0.2, 0.25) is 0 Å². The Kier molecular flexibility index (Phi) is 10.4. The number of hydrogen-bond acceptors (Lipinski definition) is 12. The number of anilines is 1. The van der Waals surface area contributed by atoms with E-state index in [1.54, 1.807) is 24.3 Å². The maximum atomic E-state index is 14.7. The van der Waals surface area contributed by atoms with Gasteiger partial charge in [0, 0.05) is 23.3 Å². The average Bonchev–Trinajstić information content (AvgIpc) is 4.14. The molecule has 5 heterocycles. The molecule has 4 aliphatic rings. The molecule has 2 aliphatic heterocycles. The van der Waals surface area contributed by atoms with Crippen LogP contribution in [-0.2, 0) is 30.6 Å². The van der Waals surface area contributed by atoms with E-state index < -0.39 is 74.4 Å². The fourth-order valence-corrected chi connectivity index (χ4v) is 9.53. The van der Waals surface area contributed by atoms with Crippen molar-refractivity contribution >= 4 is 55.5 Å². The molecule has 9 rings (SSSR count). The number of sulfonamides is 1. The number of para-hydroxylation sites is 1. The number of furan rings is 1. The fraction of sp³-hybridized carbons (Fsp3) is 0.405. The number of alkyl halides is 3. The number of amides is 3. The first-order valence-electron chi connectivity index (χ1n) is 20.2. The highest BCUT2D eigenvalue weighted by molar-refractivity contribution is 7.91. The Bertz CT molecular complexity index is 2640. The zero-order chi connectivity index (χ0) is 42.5. The lowest BCUT2D eigenvalue weighted by Gasteiger charge is -2.30. The number of carbonyl (C=O) groups is 3. The van der Waals surface area contributed by atoms with Crippen LogP contribution in [-0.4, -0.2) is 86.5 Å². The quantitative estimate of drug-likeness (QED) is 0.162. The van der Waals surface area contributed by atoms with Crippen molar-refractivity contribution in [3.05, 3.63) is 85.0 Å². The largest absolute Gasteiger partial charge is 0.470 e. The summed E-state index contributed by atoms with van der Waals surface area (Å²) >= 11 is 0. The van der Waals surface area contributed by atoms with Gasteiger partial charge in [-0.25, -0.2) is 23.4 Å². The van der Waals surface area contributed by atoms with E-state index in [2.05, 4.69) is 35.3 Å². The van der Waals surface area contributed by atoms with Crippen LogP contribution in [0.1, 0.15) is 63.4 Å². The summed E-state index contributed by atoms with van der Waals surface area (Å²) < 4.78 is 81.2. The van der Waals surface area contributed by atoms with Crippen LogP contribution >= 0.6 is 0 Å². The molecule has 0 bridgehead atoms. The summed E-state index contributed by atoms with van der Waals surface area (Å²) in [4.78, 5) is 62.0. The van der Waals surface area contributed by atoms with Crippen LogP contribution in [0.25, 0.3) is 33.5 Å². The van der Waals surface area contributed by atoms with Crippen molar-refractivity contribution in [3.63, 3.8) is 0 Å². The molecule has 3 N–H and O–H groups in total. The van der Waals surface area contributed by atoms with Crippen molar-refractivity contribution in [1.82, 2.24) is 34.9 Å². The summed E-state index contributed by atoms with van der Waals surface area (Å²) in [5.74, 6) is -2.41. The minimum absolute atomic E-state index is 0.0543. The second kappa shape index (κ2) is 15.7. The lowest BCUT2D eigenvalue weighted by Crippen LogP contribution is -2.57. The van der Waals surface area contributed by atoms with Gasteiger partial charge >= 0.3 is 6.18 Å². The minimum Gasteiger partial charge on any atom is -0.470 e. The zero-order valence-electron chi connectivity index (χ0n) is 32.6. The van der Waals surface area contributed by atoms with Crippen molar-refractivity contribution in [3.8, 4) is 17.3 Å². The molecule has 2 saturated carbocycles. The number of allylic oxidation sites excluding steroid dienone is 1. The number of carbonyl (C=O) groups excluding carboxylic acids is 3. The summed E-state index contributed by atoms with van der Waals surface area (Å²) in [6.45, 7) is -0.111. The van der Waals surface area contributed by atoms with Crippen LogP contribution < -0.4 is 20.1 Å². The van der Waals surface area contributed by atoms with E-state index in [0.717, 1.165) is 25.0 Å². The molecular formula is C42H41F3N8O7S. The molecule has 0 radical (unpaired) electrons. The van der Waals surface area contributed by atoms with Crippen LogP contribution in [0.15, 0.2) is 83.8 Å². The van der Waals surface area contributed by atoms with Crippen LogP contribution in [0, 0.1) is 5.92 Å². The molecule has 1 saturated heterocycles. The van der Waals surface area contributed by atoms with Gasteiger partial charge < -0.3 is 24.7 Å². The van der Waals surface area contributed by atoms with Gasteiger partial charge in [0.15, 0.2) is 5.82 Å². The van der Waals surface area contributed by atoms with Crippen molar-refractivity contribution in [2.75, 3.05) is 11.9 Å². The number of rotatable bonds is 8. The molecule has 3 aromatic heterocycles. The number of aromatic nitrogens is 4. The van der Waals surface area contributed by atoms with Crippen LogP contribution in [0.3, 0.4) is 0 Å². The number of benzene rings is 2. The standard InChI is InChI=1S/C42H41F3N8O7S/c43-42(44,45)25-14-12-24(13-15-25)36-49-34-30-9-6-7-11-33(30)60-35(34)38(50-36)59-28-18-32-37(54)51-41(40(56)52-61(57,58)29-16-17-29)19-26(41)8-4-2-1-3-5-10-31(39(55)53(32)22-28)48-27-20-46-23-47-21-27/h4,6-9,11-15,20-21,23,26,28-29,31-32,48H,1-3,5,10,16-19,22H2,(H,51,54)(H,52,56)/b8-4-/t26-,28-,31+,32+,41-/m1/s1. The van der Waals surface area contributed by atoms with Gasteiger partial charge in [-0.3, -0.25) is 19.1 Å². The highest BCUT2D eigenvalue weighted by Crippen LogP contribution is 2.46. The highest BCUT2D eigenvalue weighted by atomic mass is 32.2. The maximum Gasteiger partial charge on any atom is 0.416 e. The Morgan fingerprint density at radius 3 is 2.51 bits per heavy atom. The van der Waals surface area contributed by atoms with Crippen LogP contribution in [0.5, 0.6) is 5.88 Å². The summed E-state index contributed by atoms with van der Waals surface area (Å²) in [5, 5.41) is 6.04. The van der Waals surface area contributed by atoms with E-state index in [1.165, 1.54) is 35.8 Å². The van der Waals surface area contributed by atoms with E-state index in [-0.39, 0.29) is 42.2 Å². The Morgan fingerprint density at radius 2 is 1.75 bits per heavy atom. The maximum absolute atomic E-state index is 14.7. The summed E-state index contributed by atoms with van der Waals surface area (Å²) in [7, 11) is -3.95. The first kappa shape index (κ1) is 40.3. The van der Waals surface area contributed by atoms with Gasteiger partial charge in [0.25, 0.3) is 11.8 Å². The van der Waals surface area contributed by atoms with Gasteiger partial charge in [-0.1, -0.05) is 49.3 Å². The topological polar surface area (TPSA) is 199 Å². The van der Waals surface area contributed by atoms with Gasteiger partial charge in [-0.05, 0) is 62.8 Å². The van der Waals surface area contributed by atoms with E-state index in [1.807, 2.05) is 12.2 Å². The molecule has 5 aromatic rings. The third-order valence-corrected chi connectivity index (χ3v) is 13.5. The Labute approximate surface area is 347 Å². The molecule has 5 atom stereocenters. The summed E-state index contributed by atoms with van der Waals surface area (Å²) in [6.07, 6.45) is 7.09. The lowest BCUT2D eigenvalue weighted by atomic mass is 10.0. The third kappa shape index (κ3) is 8.22. The lowest BCUT2D eigenvalue weighted by molar-refractivity contribution is -0.140. The molecule has 19 heteroatoms. The van der Waals surface area contributed by atoms with Gasteiger partial charge in [0.05, 0.1) is 35.4 Å². The summed E-state index contributed by atoms with van der Waals surface area (Å²) in [5.41, 5.74) is -0.690. The van der Waals surface area contributed by atoms with Gasteiger partial charge in [0.2, 0.25) is 27.4 Å². The van der Waals surface area contributed by atoms with E-state index in [0.29, 0.717) is 54.3 Å². The predicted molar refractivity (Wildman–Crippen MR) is 215 cm³/mol. The zero-order valence-corrected chi connectivity index (χ0v) is 33.4. The monoisotopic (exact) mass is 858 g/mol. The Morgan fingerprint density at radius 1 is 0.984 bits per heavy atom. The molecule has 61 heavy (non-hydrogen) atoms. The average molecular weight is 859 g/mol. The van der Waals surface area contributed by atoms with Crippen molar-refractivity contribution in [2.45, 2.75) is 92.9 Å². The van der Waals surface area contributed by atoms with Gasteiger partial charge in [-0.15, -0.1) is 0 Å². The van der Waals surface area contributed by atoms with Crippen LogP contribution in [0.4, 0.5) is 18.9 Å². The Hall–Kier alpha value is -6.11. The number of halogens is 3. The molecular weight excluding hydrogens is 818 g/mol. The van der Waals surface area contributed by atoms with Gasteiger partial charge in [-0.2, -0.15) is 18.2 Å². The predicted octanol–water partition coefficient (Wildman–Crippen LogP) is 5.68. The second-order valence-electron chi connectivity index (χ2n) is 16.0. The second-order valence-corrected chi connectivity index (χ2v) is 18.0. The molecule has 2 aliphatic carbocycles. The number of hydrogen-bond donors (Lipinski definition) is 3. The molecule has 3 amide bonds. The first-order chi connectivity index (χ1) is 29.3. The smallest absolute Gasteiger partial charge is 0.416 e. The molecule has 3 fully saturated rings. The number of nitrogens with one attached hydrogen (secondary N) is 3. The molecule has 2 aromatic carbocycles. The van der Waals surface area contributed by atoms with E-state index in [9.17, 15) is 36.0 Å². The minimum atomic E-state index is -4.55. The molecule has 0 spiro atoms. The van der Waals surface area contributed by atoms with Crippen molar-refractivity contribution in [2.24, 2.45) is 5.92 Å². The Balaban J connectivity index is 1.07. The SMILES string of the molecule is O=C1N[C@]2(C(=O)NS(=O)(=O)C3CC3)C[C@H]2/C=C\CCCCC[C@H](Nc2cncnc2)C(=O)N2C[C@H](Oc3nc(-c4ccc(C(F)(F)F)cc4)nc4c3oc3ccccc34)C[C@@H]12. The highest BCUT2D eigenvalue weighted by Gasteiger charge is 2.62. The normalized spacial score (nSPS) is 25.5. The summed E-state index contributed by atoms with van der Waals surface area (Å²) in [6, 6.07) is 9.44. The molecule has 318 valence electrons.